The van der Waals surface area contributed by atoms with Crippen LogP contribution in [0.2, 0.25) is 0 Å². The molecule has 1 unspecified atom stereocenters. The Morgan fingerprint density at radius 2 is 1.93 bits per heavy atom. The van der Waals surface area contributed by atoms with Gasteiger partial charge in [-0.1, -0.05) is 0 Å². The van der Waals surface area contributed by atoms with E-state index in [2.05, 4.69) is 5.32 Å². The van der Waals surface area contributed by atoms with Crippen molar-refractivity contribution < 1.29 is 23.6 Å². The molecule has 2 aliphatic heterocycles. The number of halogens is 1. The first-order valence-electron chi connectivity index (χ1n) is 8.55. The van der Waals surface area contributed by atoms with Crippen LogP contribution in [-0.2, 0) is 9.59 Å². The molecule has 0 radical (unpaired) electrons. The predicted molar refractivity (Wildman–Crippen MR) is 94.6 cm³/mol. The van der Waals surface area contributed by atoms with Crippen LogP contribution in [0.15, 0.2) is 12.1 Å². The molecule has 0 bridgehead atoms. The van der Waals surface area contributed by atoms with Crippen LogP contribution >= 0.6 is 0 Å². The topological polar surface area (TPSA) is 113 Å². The number of carbonyl (C=O) groups is 4. The molecular formula is C18H21FN4O4. The van der Waals surface area contributed by atoms with Crippen molar-refractivity contribution in [3.8, 4) is 0 Å². The Bertz CT molecular complexity index is 862. The first-order chi connectivity index (χ1) is 12.5. The minimum absolute atomic E-state index is 0.0201. The maximum atomic E-state index is 14.6. The second-order valence-electron chi connectivity index (χ2n) is 7.61. The highest BCUT2D eigenvalue weighted by atomic mass is 19.1. The lowest BCUT2D eigenvalue weighted by molar-refractivity contribution is -0.136. The molecule has 2 heterocycles. The van der Waals surface area contributed by atoms with Crippen molar-refractivity contribution in [1.29, 1.82) is 0 Å². The number of nitrogens with two attached hydrogens (primary N) is 1. The van der Waals surface area contributed by atoms with E-state index in [0.29, 0.717) is 0 Å². The highest BCUT2D eigenvalue weighted by Crippen LogP contribution is 2.36. The summed E-state index contributed by atoms with van der Waals surface area (Å²) in [6, 6.07) is 1.26. The average Bonchev–Trinajstić information content (AvgIpc) is 2.77. The van der Waals surface area contributed by atoms with E-state index in [-0.39, 0.29) is 36.2 Å². The molecule has 8 nitrogen and oxygen atoms in total. The van der Waals surface area contributed by atoms with Gasteiger partial charge in [-0.15, -0.1) is 0 Å². The average molecular weight is 376 g/mol. The number of nitrogens with zero attached hydrogens (tertiary/aromatic N) is 2. The molecular weight excluding hydrogens is 355 g/mol. The monoisotopic (exact) mass is 376 g/mol. The Labute approximate surface area is 155 Å². The molecule has 1 aromatic carbocycles. The number of hydrogen-bond acceptors (Lipinski definition) is 6. The second kappa shape index (κ2) is 6.41. The van der Waals surface area contributed by atoms with Crippen LogP contribution in [0.5, 0.6) is 0 Å². The number of fused-ring (bicyclic) bond motifs is 1. The summed E-state index contributed by atoms with van der Waals surface area (Å²) >= 11 is 0. The number of likely N-dealkylation sites (N-methyl/N-ethyl adjacent to an activating group) is 1. The Morgan fingerprint density at radius 3 is 2.52 bits per heavy atom. The molecule has 3 rings (SSSR count). The molecule has 1 saturated heterocycles. The van der Waals surface area contributed by atoms with E-state index in [1.165, 1.54) is 11.0 Å². The zero-order chi connectivity index (χ0) is 20.1. The van der Waals surface area contributed by atoms with E-state index < -0.39 is 41.0 Å². The van der Waals surface area contributed by atoms with Gasteiger partial charge in [0, 0.05) is 25.6 Å². The molecule has 1 atom stereocenters. The summed E-state index contributed by atoms with van der Waals surface area (Å²) in [5.74, 6) is -3.25. The quantitative estimate of drug-likeness (QED) is 0.736. The summed E-state index contributed by atoms with van der Waals surface area (Å²) < 4.78 is 14.6. The molecule has 9 heteroatoms. The normalized spacial score (nSPS) is 20.0. The summed E-state index contributed by atoms with van der Waals surface area (Å²) in [5, 5.41) is 2.13. The fraction of sp³-hybridized carbons (Fsp3) is 0.444. The van der Waals surface area contributed by atoms with Crippen LogP contribution in [0, 0.1) is 5.82 Å². The maximum absolute atomic E-state index is 14.6. The van der Waals surface area contributed by atoms with Crippen LogP contribution in [-0.4, -0.2) is 53.7 Å². The zero-order valence-corrected chi connectivity index (χ0v) is 15.3. The van der Waals surface area contributed by atoms with Gasteiger partial charge in [0.15, 0.2) is 0 Å². The number of rotatable bonds is 4. The van der Waals surface area contributed by atoms with E-state index in [1.807, 2.05) is 0 Å². The Kier molecular flexibility index (Phi) is 4.51. The number of nitrogens with one attached hydrogen (secondary N) is 1. The Morgan fingerprint density at radius 1 is 1.26 bits per heavy atom. The zero-order valence-electron chi connectivity index (χ0n) is 15.3. The largest absolute Gasteiger partial charge is 0.370 e. The van der Waals surface area contributed by atoms with Gasteiger partial charge in [0.05, 0.1) is 16.8 Å². The molecule has 1 fully saturated rings. The third-order valence-corrected chi connectivity index (χ3v) is 4.56. The van der Waals surface area contributed by atoms with Gasteiger partial charge in [0.2, 0.25) is 11.8 Å². The molecule has 144 valence electrons. The fourth-order valence-corrected chi connectivity index (χ4v) is 3.58. The SMILES string of the molecule is CN(CC(C)(C)N)c1c(F)ccc2c1C(=O)N(C1CCC(=O)NC1=O)C2=O. The highest BCUT2D eigenvalue weighted by Gasteiger charge is 2.46. The smallest absolute Gasteiger partial charge is 0.264 e. The van der Waals surface area contributed by atoms with E-state index in [0.717, 1.165) is 11.0 Å². The van der Waals surface area contributed by atoms with E-state index >= 15 is 0 Å². The number of amides is 4. The lowest BCUT2D eigenvalue weighted by Gasteiger charge is -2.30. The molecule has 27 heavy (non-hydrogen) atoms. The van der Waals surface area contributed by atoms with Crippen molar-refractivity contribution in [1.82, 2.24) is 10.2 Å². The minimum Gasteiger partial charge on any atom is -0.370 e. The Balaban J connectivity index is 2.03. The van der Waals surface area contributed by atoms with Crippen LogP contribution in [0.1, 0.15) is 47.4 Å². The van der Waals surface area contributed by atoms with E-state index in [4.69, 9.17) is 5.73 Å². The van der Waals surface area contributed by atoms with Crippen molar-refractivity contribution in [3.63, 3.8) is 0 Å². The van der Waals surface area contributed by atoms with Crippen LogP contribution < -0.4 is 16.0 Å². The lowest BCUT2D eigenvalue weighted by atomic mass is 10.0. The van der Waals surface area contributed by atoms with Gasteiger partial charge in [0.25, 0.3) is 11.8 Å². The molecule has 4 amide bonds. The van der Waals surface area contributed by atoms with Crippen LogP contribution in [0.4, 0.5) is 10.1 Å². The summed E-state index contributed by atoms with van der Waals surface area (Å²) in [5.41, 5.74) is 5.24. The highest BCUT2D eigenvalue weighted by molar-refractivity contribution is 6.25. The molecule has 0 aromatic heterocycles. The molecule has 1 aromatic rings. The van der Waals surface area contributed by atoms with Gasteiger partial charge in [-0.2, -0.15) is 0 Å². The van der Waals surface area contributed by atoms with Crippen molar-refractivity contribution >= 4 is 29.3 Å². The predicted octanol–water partition coefficient (Wildman–Crippen LogP) is 0.400. The molecule has 0 saturated carbocycles. The van der Waals surface area contributed by atoms with Crippen LogP contribution in [0.3, 0.4) is 0 Å². The molecule has 0 spiro atoms. The number of hydrogen-bond donors (Lipinski definition) is 2. The van der Waals surface area contributed by atoms with Crippen molar-refractivity contribution in [3.05, 3.63) is 29.1 Å². The lowest BCUT2D eigenvalue weighted by Crippen LogP contribution is -2.54. The minimum atomic E-state index is -1.10. The molecule has 0 aliphatic carbocycles. The van der Waals surface area contributed by atoms with E-state index in [1.54, 1.807) is 20.9 Å². The molecule has 2 aliphatic rings. The second-order valence-corrected chi connectivity index (χ2v) is 7.61. The first kappa shape index (κ1) is 19.0. The van der Waals surface area contributed by atoms with Gasteiger partial charge in [-0.3, -0.25) is 29.4 Å². The van der Waals surface area contributed by atoms with E-state index in [9.17, 15) is 23.6 Å². The number of benzene rings is 1. The third-order valence-electron chi connectivity index (χ3n) is 4.56. The Hall–Kier alpha value is -2.81. The van der Waals surface area contributed by atoms with Gasteiger partial charge >= 0.3 is 0 Å². The van der Waals surface area contributed by atoms with Crippen molar-refractivity contribution in [2.24, 2.45) is 5.73 Å². The standard InChI is InChI=1S/C18H21FN4O4/c1-18(2,20)8-22(3)14-10(19)5-4-9-13(14)17(27)23(16(9)26)11-6-7-12(24)21-15(11)25/h4-5,11H,6-8,20H2,1-3H3,(H,21,24,25). The summed E-state index contributed by atoms with van der Waals surface area (Å²) in [6.45, 7) is 3.75. The van der Waals surface area contributed by atoms with Crippen LogP contribution in [0.25, 0.3) is 0 Å². The van der Waals surface area contributed by atoms with Gasteiger partial charge in [0.1, 0.15) is 11.9 Å². The van der Waals surface area contributed by atoms with Gasteiger partial charge < -0.3 is 10.6 Å². The summed E-state index contributed by atoms with van der Waals surface area (Å²) in [7, 11) is 1.58. The molecule has 3 N–H and O–H groups in total. The maximum Gasteiger partial charge on any atom is 0.264 e. The van der Waals surface area contributed by atoms with Crippen molar-refractivity contribution in [2.45, 2.75) is 38.3 Å². The summed E-state index contributed by atoms with van der Waals surface area (Å²) in [6.07, 6.45) is 0.0614. The first-order valence-corrected chi connectivity index (χ1v) is 8.55. The van der Waals surface area contributed by atoms with Crippen molar-refractivity contribution in [2.75, 3.05) is 18.5 Å². The van der Waals surface area contributed by atoms with Gasteiger partial charge in [-0.05, 0) is 32.4 Å². The number of anilines is 1. The third kappa shape index (κ3) is 3.30. The summed E-state index contributed by atoms with van der Waals surface area (Å²) in [4.78, 5) is 51.6. The number of piperidine rings is 1. The number of carbonyl (C=O) groups excluding carboxylic acids is 4. The number of imide groups is 2. The fourth-order valence-electron chi connectivity index (χ4n) is 3.58. The van der Waals surface area contributed by atoms with Gasteiger partial charge in [-0.25, -0.2) is 4.39 Å².